The molecular weight excluding hydrogens is 266 g/mol. The molecule has 0 radical (unpaired) electrons. The number of hydrogen-bond donors (Lipinski definition) is 1. The minimum Gasteiger partial charge on any atom is -0.344 e. The molecule has 1 aliphatic carbocycles. The summed E-state index contributed by atoms with van der Waals surface area (Å²) < 4.78 is 1.77. The van der Waals surface area contributed by atoms with Crippen molar-refractivity contribution >= 4 is 5.91 Å². The summed E-state index contributed by atoms with van der Waals surface area (Å²) in [5, 5.41) is 10.9. The Kier molecular flexibility index (Phi) is 3.94. The van der Waals surface area contributed by atoms with E-state index in [-0.39, 0.29) is 11.9 Å². The largest absolute Gasteiger partial charge is 0.344 e. The van der Waals surface area contributed by atoms with Crippen LogP contribution in [0.1, 0.15) is 48.3 Å². The number of hydrogen-bond acceptors (Lipinski definition) is 4. The van der Waals surface area contributed by atoms with E-state index in [0.717, 1.165) is 12.1 Å². The van der Waals surface area contributed by atoms with Gasteiger partial charge in [-0.1, -0.05) is 17.7 Å². The van der Waals surface area contributed by atoms with Gasteiger partial charge in [-0.25, -0.2) is 0 Å². The molecule has 6 nitrogen and oxygen atoms in total. The van der Waals surface area contributed by atoms with E-state index < -0.39 is 0 Å². The SMILES string of the molecule is CC(NC(=O)c1cn(CC2CCC2)nn1)c1cccnc1. The Morgan fingerprint density at radius 3 is 3.05 bits per heavy atom. The highest BCUT2D eigenvalue weighted by Crippen LogP contribution is 2.27. The number of amides is 1. The zero-order chi connectivity index (χ0) is 14.7. The van der Waals surface area contributed by atoms with E-state index in [1.807, 2.05) is 19.1 Å². The maximum atomic E-state index is 12.2. The summed E-state index contributed by atoms with van der Waals surface area (Å²) in [4.78, 5) is 16.2. The molecule has 21 heavy (non-hydrogen) atoms. The second-order valence-electron chi connectivity index (χ2n) is 5.60. The van der Waals surface area contributed by atoms with Gasteiger partial charge in [-0.3, -0.25) is 14.5 Å². The van der Waals surface area contributed by atoms with Gasteiger partial charge in [-0.15, -0.1) is 5.10 Å². The molecule has 1 N–H and O–H groups in total. The van der Waals surface area contributed by atoms with Gasteiger partial charge in [0.2, 0.25) is 0 Å². The molecule has 2 aromatic heterocycles. The van der Waals surface area contributed by atoms with E-state index in [1.54, 1.807) is 23.3 Å². The van der Waals surface area contributed by atoms with E-state index in [1.165, 1.54) is 19.3 Å². The Hall–Kier alpha value is -2.24. The van der Waals surface area contributed by atoms with Gasteiger partial charge in [0, 0.05) is 18.9 Å². The monoisotopic (exact) mass is 285 g/mol. The van der Waals surface area contributed by atoms with Gasteiger partial charge in [0.05, 0.1) is 12.2 Å². The number of carbonyl (C=O) groups excluding carboxylic acids is 1. The maximum Gasteiger partial charge on any atom is 0.273 e. The van der Waals surface area contributed by atoms with Crippen LogP contribution in [-0.4, -0.2) is 25.9 Å². The molecular formula is C15H19N5O. The number of nitrogens with zero attached hydrogens (tertiary/aromatic N) is 4. The number of carbonyl (C=O) groups is 1. The Labute approximate surface area is 123 Å². The third-order valence-corrected chi connectivity index (χ3v) is 3.97. The smallest absolute Gasteiger partial charge is 0.273 e. The first kappa shape index (κ1) is 13.7. The zero-order valence-electron chi connectivity index (χ0n) is 12.1. The van der Waals surface area contributed by atoms with E-state index in [0.29, 0.717) is 11.6 Å². The number of aromatic nitrogens is 4. The van der Waals surface area contributed by atoms with Crippen LogP contribution in [0, 0.1) is 5.92 Å². The molecule has 1 unspecified atom stereocenters. The standard InChI is InChI=1S/C15H19N5O/c1-11(13-6-3-7-16-8-13)17-15(21)14-10-20(19-18-14)9-12-4-2-5-12/h3,6-8,10-12H,2,4-5,9H2,1H3,(H,17,21). The maximum absolute atomic E-state index is 12.2. The van der Waals surface area contributed by atoms with Gasteiger partial charge in [0.25, 0.3) is 5.91 Å². The van der Waals surface area contributed by atoms with E-state index in [9.17, 15) is 4.79 Å². The topological polar surface area (TPSA) is 72.7 Å². The average molecular weight is 285 g/mol. The van der Waals surface area contributed by atoms with E-state index in [4.69, 9.17) is 0 Å². The molecule has 1 saturated carbocycles. The molecule has 0 saturated heterocycles. The fourth-order valence-corrected chi connectivity index (χ4v) is 2.42. The summed E-state index contributed by atoms with van der Waals surface area (Å²) in [6.07, 6.45) is 8.99. The Morgan fingerprint density at radius 1 is 1.52 bits per heavy atom. The Morgan fingerprint density at radius 2 is 2.38 bits per heavy atom. The van der Waals surface area contributed by atoms with Crippen LogP contribution in [0.25, 0.3) is 0 Å². The number of pyridine rings is 1. The van der Waals surface area contributed by atoms with Gasteiger partial charge in [-0.05, 0) is 37.3 Å². The van der Waals surface area contributed by atoms with Crippen LogP contribution in [0.2, 0.25) is 0 Å². The van der Waals surface area contributed by atoms with Crippen LogP contribution in [0.3, 0.4) is 0 Å². The highest BCUT2D eigenvalue weighted by molar-refractivity contribution is 5.92. The highest BCUT2D eigenvalue weighted by atomic mass is 16.2. The van der Waals surface area contributed by atoms with Crippen LogP contribution in [0.4, 0.5) is 0 Å². The molecule has 0 aromatic carbocycles. The normalized spacial score (nSPS) is 16.2. The molecule has 1 atom stereocenters. The van der Waals surface area contributed by atoms with Gasteiger partial charge in [0.15, 0.2) is 5.69 Å². The third-order valence-electron chi connectivity index (χ3n) is 3.97. The van der Waals surface area contributed by atoms with Crippen molar-refractivity contribution in [3.63, 3.8) is 0 Å². The van der Waals surface area contributed by atoms with Gasteiger partial charge >= 0.3 is 0 Å². The second-order valence-corrected chi connectivity index (χ2v) is 5.60. The molecule has 1 amide bonds. The predicted octanol–water partition coefficient (Wildman–Crippen LogP) is 1.96. The molecule has 1 fully saturated rings. The second kappa shape index (κ2) is 6.03. The third kappa shape index (κ3) is 3.26. The minimum atomic E-state index is -0.203. The van der Waals surface area contributed by atoms with Crippen LogP contribution in [0.5, 0.6) is 0 Å². The Balaban J connectivity index is 1.59. The van der Waals surface area contributed by atoms with E-state index in [2.05, 4.69) is 20.6 Å². The first-order valence-electron chi connectivity index (χ1n) is 7.33. The highest BCUT2D eigenvalue weighted by Gasteiger charge is 2.20. The van der Waals surface area contributed by atoms with Crippen molar-refractivity contribution in [3.05, 3.63) is 42.0 Å². The molecule has 2 aromatic rings. The van der Waals surface area contributed by atoms with Crippen molar-refractivity contribution in [1.29, 1.82) is 0 Å². The predicted molar refractivity (Wildman–Crippen MR) is 77.5 cm³/mol. The lowest BCUT2D eigenvalue weighted by atomic mass is 9.85. The summed E-state index contributed by atoms with van der Waals surface area (Å²) in [5.74, 6) is 0.489. The molecule has 2 heterocycles. The first-order chi connectivity index (χ1) is 10.2. The van der Waals surface area contributed by atoms with Crippen LogP contribution < -0.4 is 5.32 Å². The lowest BCUT2D eigenvalue weighted by Gasteiger charge is -2.24. The molecule has 3 rings (SSSR count). The minimum absolute atomic E-state index is 0.108. The van der Waals surface area contributed by atoms with E-state index >= 15 is 0 Å². The molecule has 1 aliphatic rings. The van der Waals surface area contributed by atoms with Crippen molar-refractivity contribution in [3.8, 4) is 0 Å². The first-order valence-corrected chi connectivity index (χ1v) is 7.33. The molecule has 6 heteroatoms. The van der Waals surface area contributed by atoms with Crippen molar-refractivity contribution in [2.24, 2.45) is 5.92 Å². The van der Waals surface area contributed by atoms with Gasteiger partial charge in [0.1, 0.15) is 0 Å². The average Bonchev–Trinajstić information content (AvgIpc) is 2.92. The summed E-state index contributed by atoms with van der Waals surface area (Å²) in [6, 6.07) is 3.68. The fraction of sp³-hybridized carbons (Fsp3) is 0.467. The number of rotatable bonds is 5. The van der Waals surface area contributed by atoms with Crippen LogP contribution in [0.15, 0.2) is 30.7 Å². The van der Waals surface area contributed by atoms with Gasteiger partial charge in [-0.2, -0.15) is 0 Å². The molecule has 0 aliphatic heterocycles. The van der Waals surface area contributed by atoms with Crippen molar-refractivity contribution in [1.82, 2.24) is 25.3 Å². The quantitative estimate of drug-likeness (QED) is 0.911. The van der Waals surface area contributed by atoms with Crippen molar-refractivity contribution < 1.29 is 4.79 Å². The lowest BCUT2D eigenvalue weighted by Crippen LogP contribution is -2.27. The zero-order valence-corrected chi connectivity index (χ0v) is 12.1. The molecule has 0 spiro atoms. The summed E-state index contributed by atoms with van der Waals surface area (Å²) in [7, 11) is 0. The van der Waals surface area contributed by atoms with Crippen LogP contribution >= 0.6 is 0 Å². The number of nitrogens with one attached hydrogen (secondary N) is 1. The summed E-state index contributed by atoms with van der Waals surface area (Å²) in [6.45, 7) is 2.78. The molecule has 0 bridgehead atoms. The van der Waals surface area contributed by atoms with Crippen molar-refractivity contribution in [2.45, 2.75) is 38.8 Å². The lowest BCUT2D eigenvalue weighted by molar-refractivity contribution is 0.0934. The summed E-state index contributed by atoms with van der Waals surface area (Å²) in [5.41, 5.74) is 1.33. The summed E-state index contributed by atoms with van der Waals surface area (Å²) >= 11 is 0. The van der Waals surface area contributed by atoms with Gasteiger partial charge < -0.3 is 5.32 Å². The Bertz CT molecular complexity index is 606. The fourth-order valence-electron chi connectivity index (χ4n) is 2.42. The van der Waals surface area contributed by atoms with Crippen molar-refractivity contribution in [2.75, 3.05) is 0 Å². The molecule has 110 valence electrons. The van der Waals surface area contributed by atoms with Crippen LogP contribution in [-0.2, 0) is 6.54 Å².